The average Bonchev–Trinajstić information content (AvgIpc) is 2.82. The molecule has 1 saturated heterocycles. The molecule has 1 amide bonds. The lowest BCUT2D eigenvalue weighted by molar-refractivity contribution is -0.127. The third kappa shape index (κ3) is 3.12. The van der Waals surface area contributed by atoms with Crippen molar-refractivity contribution in [2.24, 2.45) is 5.41 Å². The Labute approximate surface area is 114 Å². The van der Waals surface area contributed by atoms with E-state index in [1.165, 1.54) is 0 Å². The quantitative estimate of drug-likeness (QED) is 0.840. The van der Waals surface area contributed by atoms with Crippen molar-refractivity contribution in [2.45, 2.75) is 52.7 Å². The molecule has 6 nitrogen and oxygen atoms in total. The van der Waals surface area contributed by atoms with Crippen LogP contribution in [0.3, 0.4) is 0 Å². The number of amides is 1. The fourth-order valence-electron chi connectivity index (χ4n) is 2.61. The summed E-state index contributed by atoms with van der Waals surface area (Å²) in [5, 5.41) is 14.1. The molecule has 0 aromatic carbocycles. The lowest BCUT2D eigenvalue weighted by Crippen LogP contribution is -2.55. The van der Waals surface area contributed by atoms with Crippen LogP contribution in [0.15, 0.2) is 6.33 Å². The van der Waals surface area contributed by atoms with E-state index in [1.54, 1.807) is 6.33 Å². The molecule has 0 aliphatic carbocycles. The number of hydrogen-bond acceptors (Lipinski definition) is 4. The van der Waals surface area contributed by atoms with Gasteiger partial charge in [-0.1, -0.05) is 13.8 Å². The van der Waals surface area contributed by atoms with Gasteiger partial charge in [0.25, 0.3) is 0 Å². The van der Waals surface area contributed by atoms with E-state index in [4.69, 9.17) is 0 Å². The molecule has 1 aromatic heterocycles. The molecular weight excluding hydrogens is 242 g/mol. The molecule has 2 N–H and O–H groups in total. The van der Waals surface area contributed by atoms with E-state index in [2.05, 4.69) is 34.7 Å². The summed E-state index contributed by atoms with van der Waals surface area (Å²) in [5.41, 5.74) is 0.000756. The van der Waals surface area contributed by atoms with Crippen molar-refractivity contribution in [2.75, 3.05) is 6.54 Å². The molecule has 0 saturated carbocycles. The molecule has 0 spiro atoms. The highest BCUT2D eigenvalue weighted by atomic mass is 16.2. The zero-order chi connectivity index (χ0) is 13.9. The van der Waals surface area contributed by atoms with Crippen LogP contribution in [0.1, 0.15) is 39.4 Å². The summed E-state index contributed by atoms with van der Waals surface area (Å²) in [6, 6.07) is -0.126. The van der Waals surface area contributed by atoms with Gasteiger partial charge in [-0.3, -0.25) is 4.79 Å². The maximum atomic E-state index is 12.3. The maximum absolute atomic E-state index is 12.3. The second kappa shape index (κ2) is 5.69. The molecule has 2 heterocycles. The van der Waals surface area contributed by atoms with Crippen molar-refractivity contribution in [3.63, 3.8) is 0 Å². The highest BCUT2D eigenvalue weighted by Crippen LogP contribution is 2.30. The first-order chi connectivity index (χ1) is 9.04. The molecule has 1 aliphatic rings. The first-order valence-electron chi connectivity index (χ1n) is 6.92. The van der Waals surface area contributed by atoms with Crippen LogP contribution in [0.2, 0.25) is 0 Å². The Balaban J connectivity index is 1.94. The number of piperidine rings is 1. The topological polar surface area (TPSA) is 71.8 Å². The summed E-state index contributed by atoms with van der Waals surface area (Å²) >= 11 is 0. The molecule has 106 valence electrons. The predicted molar refractivity (Wildman–Crippen MR) is 72.3 cm³/mol. The number of nitrogens with zero attached hydrogens (tertiary/aromatic N) is 3. The monoisotopic (exact) mass is 265 g/mol. The Kier molecular flexibility index (Phi) is 4.19. The van der Waals surface area contributed by atoms with Gasteiger partial charge in [-0.15, -0.1) is 10.2 Å². The van der Waals surface area contributed by atoms with Crippen molar-refractivity contribution >= 4 is 5.91 Å². The Bertz CT molecular complexity index is 440. The average molecular weight is 265 g/mol. The first kappa shape index (κ1) is 14.0. The Hall–Kier alpha value is -1.43. The van der Waals surface area contributed by atoms with E-state index < -0.39 is 0 Å². The Morgan fingerprint density at radius 3 is 3.11 bits per heavy atom. The summed E-state index contributed by atoms with van der Waals surface area (Å²) in [5.74, 6) is 0.847. The molecule has 1 unspecified atom stereocenters. The van der Waals surface area contributed by atoms with Gasteiger partial charge in [0, 0.05) is 6.54 Å². The Morgan fingerprint density at radius 2 is 2.42 bits per heavy atom. The van der Waals surface area contributed by atoms with Crippen molar-refractivity contribution in [3.8, 4) is 0 Å². The Morgan fingerprint density at radius 1 is 1.63 bits per heavy atom. The largest absolute Gasteiger partial charge is 0.347 e. The minimum Gasteiger partial charge on any atom is -0.347 e. The molecular formula is C13H23N5O. The van der Waals surface area contributed by atoms with E-state index in [9.17, 15) is 4.79 Å². The van der Waals surface area contributed by atoms with E-state index in [-0.39, 0.29) is 17.4 Å². The summed E-state index contributed by atoms with van der Waals surface area (Å²) in [7, 11) is 0. The van der Waals surface area contributed by atoms with Gasteiger partial charge in [-0.05, 0) is 31.7 Å². The second-order valence-electron chi connectivity index (χ2n) is 5.73. The lowest BCUT2D eigenvalue weighted by atomic mass is 9.77. The number of hydrogen-bond donors (Lipinski definition) is 2. The molecule has 1 fully saturated rings. The number of carbonyl (C=O) groups is 1. The number of carbonyl (C=O) groups excluding carboxylic acids is 1. The van der Waals surface area contributed by atoms with Crippen LogP contribution in [0.4, 0.5) is 0 Å². The number of aryl methyl sites for hydroxylation is 1. The molecule has 1 atom stereocenters. The fourth-order valence-corrected chi connectivity index (χ4v) is 2.61. The number of rotatable bonds is 4. The van der Waals surface area contributed by atoms with Gasteiger partial charge in [0.1, 0.15) is 6.33 Å². The smallest absolute Gasteiger partial charge is 0.238 e. The van der Waals surface area contributed by atoms with E-state index in [1.807, 2.05) is 11.5 Å². The minimum absolute atomic E-state index is 0.000756. The summed E-state index contributed by atoms with van der Waals surface area (Å²) in [4.78, 5) is 12.3. The zero-order valence-electron chi connectivity index (χ0n) is 11.9. The second-order valence-corrected chi connectivity index (χ2v) is 5.73. The van der Waals surface area contributed by atoms with Crippen LogP contribution < -0.4 is 10.6 Å². The predicted octanol–water partition coefficient (Wildman–Crippen LogP) is 0.692. The van der Waals surface area contributed by atoms with Gasteiger partial charge in [0.15, 0.2) is 5.82 Å². The first-order valence-corrected chi connectivity index (χ1v) is 6.92. The molecule has 19 heavy (non-hydrogen) atoms. The maximum Gasteiger partial charge on any atom is 0.238 e. The van der Waals surface area contributed by atoms with Crippen molar-refractivity contribution in [1.82, 2.24) is 25.4 Å². The normalized spacial score (nSPS) is 22.2. The van der Waals surface area contributed by atoms with Gasteiger partial charge < -0.3 is 15.2 Å². The van der Waals surface area contributed by atoms with Gasteiger partial charge in [-0.25, -0.2) is 0 Å². The van der Waals surface area contributed by atoms with Crippen LogP contribution in [0, 0.1) is 5.41 Å². The van der Waals surface area contributed by atoms with Crippen molar-refractivity contribution in [3.05, 3.63) is 12.2 Å². The lowest BCUT2D eigenvalue weighted by Gasteiger charge is -2.38. The van der Waals surface area contributed by atoms with Gasteiger partial charge in [0.05, 0.1) is 12.6 Å². The highest BCUT2D eigenvalue weighted by Gasteiger charge is 2.36. The van der Waals surface area contributed by atoms with Crippen molar-refractivity contribution < 1.29 is 4.79 Å². The van der Waals surface area contributed by atoms with E-state index in [0.29, 0.717) is 6.54 Å². The van der Waals surface area contributed by atoms with Gasteiger partial charge in [0.2, 0.25) is 5.91 Å². The van der Waals surface area contributed by atoms with E-state index in [0.717, 1.165) is 31.8 Å². The number of aromatic nitrogens is 3. The SMILES string of the molecule is CCn1cnnc1CNC(=O)C1NCCCC1(C)C. The highest BCUT2D eigenvalue weighted by molar-refractivity contribution is 5.82. The third-order valence-electron chi connectivity index (χ3n) is 3.85. The third-order valence-corrected chi connectivity index (χ3v) is 3.85. The fraction of sp³-hybridized carbons (Fsp3) is 0.769. The molecule has 2 rings (SSSR count). The summed E-state index contributed by atoms with van der Waals surface area (Å²) < 4.78 is 1.93. The molecule has 1 aromatic rings. The van der Waals surface area contributed by atoms with Crippen LogP contribution in [0.5, 0.6) is 0 Å². The van der Waals surface area contributed by atoms with Gasteiger partial charge in [-0.2, -0.15) is 0 Å². The molecule has 1 aliphatic heterocycles. The van der Waals surface area contributed by atoms with Crippen LogP contribution in [-0.2, 0) is 17.9 Å². The van der Waals surface area contributed by atoms with Crippen LogP contribution in [0.25, 0.3) is 0 Å². The summed E-state index contributed by atoms with van der Waals surface area (Å²) in [6.45, 7) is 8.45. The summed E-state index contributed by atoms with van der Waals surface area (Å²) in [6.07, 6.45) is 3.88. The van der Waals surface area contributed by atoms with Crippen molar-refractivity contribution in [1.29, 1.82) is 0 Å². The van der Waals surface area contributed by atoms with Crippen LogP contribution >= 0.6 is 0 Å². The zero-order valence-corrected chi connectivity index (χ0v) is 11.9. The van der Waals surface area contributed by atoms with Crippen LogP contribution in [-0.4, -0.2) is 33.3 Å². The van der Waals surface area contributed by atoms with Gasteiger partial charge >= 0.3 is 0 Å². The molecule has 6 heteroatoms. The standard InChI is InChI=1S/C13H23N5O/c1-4-18-9-16-17-10(18)8-15-12(19)11-13(2,3)6-5-7-14-11/h9,11,14H,4-8H2,1-3H3,(H,15,19). The molecule has 0 bridgehead atoms. The minimum atomic E-state index is -0.126. The van der Waals surface area contributed by atoms with E-state index >= 15 is 0 Å². The molecule has 0 radical (unpaired) electrons. The number of nitrogens with one attached hydrogen (secondary N) is 2.